The van der Waals surface area contributed by atoms with E-state index in [1.165, 1.54) is 4.57 Å². The van der Waals surface area contributed by atoms with Gasteiger partial charge in [-0.2, -0.15) is 0 Å². The van der Waals surface area contributed by atoms with Crippen LogP contribution in [0.1, 0.15) is 55.2 Å². The lowest BCUT2D eigenvalue weighted by molar-refractivity contribution is 0.0955. The molecular formula is C24H28N4O5. The highest BCUT2D eigenvalue weighted by atomic mass is 16.7. The second kappa shape index (κ2) is 9.09. The number of carbonyl (C=O) groups is 1. The Morgan fingerprint density at radius 3 is 2.64 bits per heavy atom. The topological polar surface area (TPSA) is 115 Å². The molecule has 9 nitrogen and oxygen atoms in total. The summed E-state index contributed by atoms with van der Waals surface area (Å²) in [5, 5.41) is 3.02. The van der Waals surface area contributed by atoms with Gasteiger partial charge in [-0.05, 0) is 42.0 Å². The monoisotopic (exact) mass is 452 g/mol. The first-order valence-electron chi connectivity index (χ1n) is 11.1. The summed E-state index contributed by atoms with van der Waals surface area (Å²) in [4.78, 5) is 45.3. The molecule has 1 aliphatic heterocycles. The number of amides is 1. The lowest BCUT2D eigenvalue weighted by Gasteiger charge is -2.16. The van der Waals surface area contributed by atoms with Gasteiger partial charge in [0.1, 0.15) is 0 Å². The number of benzene rings is 1. The zero-order valence-electron chi connectivity index (χ0n) is 19.2. The molecule has 0 spiro atoms. The predicted molar refractivity (Wildman–Crippen MR) is 124 cm³/mol. The third-order valence-electron chi connectivity index (χ3n) is 5.49. The van der Waals surface area contributed by atoms with Crippen LogP contribution in [0.2, 0.25) is 0 Å². The number of nitrogens with one attached hydrogen (secondary N) is 2. The van der Waals surface area contributed by atoms with E-state index in [0.29, 0.717) is 36.7 Å². The van der Waals surface area contributed by atoms with Crippen LogP contribution in [-0.4, -0.2) is 33.8 Å². The molecule has 0 aliphatic carbocycles. The van der Waals surface area contributed by atoms with E-state index in [1.807, 2.05) is 45.9 Å². The fourth-order valence-corrected chi connectivity index (χ4v) is 3.81. The van der Waals surface area contributed by atoms with Gasteiger partial charge in [-0.1, -0.05) is 33.8 Å². The molecule has 33 heavy (non-hydrogen) atoms. The Balaban J connectivity index is 1.66. The van der Waals surface area contributed by atoms with Crippen LogP contribution in [0.5, 0.6) is 11.5 Å². The van der Waals surface area contributed by atoms with E-state index in [9.17, 15) is 14.4 Å². The number of H-pyrrole nitrogens is 1. The van der Waals surface area contributed by atoms with Gasteiger partial charge < -0.3 is 14.8 Å². The fourth-order valence-electron chi connectivity index (χ4n) is 3.81. The van der Waals surface area contributed by atoms with Crippen molar-refractivity contribution in [1.82, 2.24) is 19.9 Å². The van der Waals surface area contributed by atoms with E-state index in [0.717, 1.165) is 5.56 Å². The number of rotatable bonds is 7. The zero-order valence-corrected chi connectivity index (χ0v) is 19.2. The van der Waals surface area contributed by atoms with Crippen molar-refractivity contribution >= 4 is 16.9 Å². The highest BCUT2D eigenvalue weighted by Crippen LogP contribution is 2.32. The van der Waals surface area contributed by atoms with Crippen LogP contribution < -0.4 is 26.0 Å². The van der Waals surface area contributed by atoms with Crippen LogP contribution in [-0.2, 0) is 13.0 Å². The number of nitrogens with zero attached hydrogens (tertiary/aromatic N) is 2. The number of ether oxygens (including phenoxy) is 2. The van der Waals surface area contributed by atoms with Gasteiger partial charge in [0.15, 0.2) is 17.1 Å². The molecule has 174 valence electrons. The molecule has 4 rings (SSSR count). The molecule has 0 saturated heterocycles. The Bertz CT molecular complexity index is 1320. The molecular weight excluding hydrogens is 424 g/mol. The van der Waals surface area contributed by atoms with Crippen LogP contribution in [0.3, 0.4) is 0 Å². The highest BCUT2D eigenvalue weighted by molar-refractivity contribution is 6.05. The molecule has 1 amide bonds. The van der Waals surface area contributed by atoms with Gasteiger partial charge in [0.05, 0.1) is 10.9 Å². The Hall–Kier alpha value is -3.62. The predicted octanol–water partition coefficient (Wildman–Crippen LogP) is 2.57. The summed E-state index contributed by atoms with van der Waals surface area (Å²) in [6.07, 6.45) is 0.580. The lowest BCUT2D eigenvalue weighted by atomic mass is 10.0. The minimum atomic E-state index is -0.612. The van der Waals surface area contributed by atoms with Crippen molar-refractivity contribution in [3.63, 3.8) is 0 Å². The standard InChI is InChI=1S/C24H28N4O5/c1-13(2)11-28-21-20(23(30)27-24(28)31)16(10-17(26-21)14(3)4)22(29)25-8-7-15-5-6-18-19(9-15)33-12-32-18/h5-6,9-10,13-14H,7-8,11-12H2,1-4H3,(H,25,29)(H,27,30,31). The quantitative estimate of drug-likeness (QED) is 0.569. The first kappa shape index (κ1) is 22.6. The van der Waals surface area contributed by atoms with E-state index in [4.69, 9.17) is 9.47 Å². The average Bonchev–Trinajstić information content (AvgIpc) is 3.23. The first-order valence-corrected chi connectivity index (χ1v) is 11.1. The second-order valence-electron chi connectivity index (χ2n) is 8.91. The van der Waals surface area contributed by atoms with E-state index in [2.05, 4.69) is 15.3 Å². The molecule has 0 saturated carbocycles. The molecule has 9 heteroatoms. The van der Waals surface area contributed by atoms with Gasteiger partial charge in [-0.15, -0.1) is 0 Å². The molecule has 0 bridgehead atoms. The van der Waals surface area contributed by atoms with Crippen molar-refractivity contribution in [3.05, 3.63) is 61.9 Å². The molecule has 0 radical (unpaired) electrons. The largest absolute Gasteiger partial charge is 0.454 e. The Labute approximate surface area is 190 Å². The summed E-state index contributed by atoms with van der Waals surface area (Å²) in [5.74, 6) is 1.18. The molecule has 2 aromatic heterocycles. The van der Waals surface area contributed by atoms with E-state index in [1.54, 1.807) is 6.07 Å². The molecule has 0 unspecified atom stereocenters. The van der Waals surface area contributed by atoms with Crippen molar-refractivity contribution < 1.29 is 14.3 Å². The SMILES string of the molecule is CC(C)Cn1c(=O)[nH]c(=O)c2c(C(=O)NCCc3ccc4c(c3)OCO4)cc(C(C)C)nc21. The average molecular weight is 453 g/mol. The van der Waals surface area contributed by atoms with Crippen LogP contribution >= 0.6 is 0 Å². The summed E-state index contributed by atoms with van der Waals surface area (Å²) in [5.41, 5.74) is 0.955. The number of hydrogen-bond acceptors (Lipinski definition) is 6. The fraction of sp³-hybridized carbons (Fsp3) is 0.417. The minimum absolute atomic E-state index is 0.0106. The van der Waals surface area contributed by atoms with Crippen molar-refractivity contribution in [2.24, 2.45) is 5.92 Å². The molecule has 1 aromatic carbocycles. The van der Waals surface area contributed by atoms with Gasteiger partial charge in [0.25, 0.3) is 11.5 Å². The smallest absolute Gasteiger partial charge is 0.330 e. The molecule has 2 N–H and O–H groups in total. The summed E-state index contributed by atoms with van der Waals surface area (Å²) >= 11 is 0. The number of carbonyl (C=O) groups excluding carboxylic acids is 1. The van der Waals surface area contributed by atoms with Gasteiger partial charge in [0, 0.05) is 18.8 Å². The van der Waals surface area contributed by atoms with Gasteiger partial charge in [-0.3, -0.25) is 19.1 Å². The van der Waals surface area contributed by atoms with Crippen molar-refractivity contribution in [3.8, 4) is 11.5 Å². The first-order chi connectivity index (χ1) is 15.7. The third-order valence-corrected chi connectivity index (χ3v) is 5.49. The summed E-state index contributed by atoms with van der Waals surface area (Å²) < 4.78 is 12.2. The normalized spacial score (nSPS) is 12.7. The second-order valence-corrected chi connectivity index (χ2v) is 8.91. The maximum Gasteiger partial charge on any atom is 0.330 e. The molecule has 3 aromatic rings. The van der Waals surface area contributed by atoms with Crippen LogP contribution in [0.15, 0.2) is 33.9 Å². The van der Waals surface area contributed by atoms with Crippen molar-refractivity contribution in [2.45, 2.75) is 46.6 Å². The van der Waals surface area contributed by atoms with E-state index >= 15 is 0 Å². The Morgan fingerprint density at radius 1 is 1.15 bits per heavy atom. The maximum absolute atomic E-state index is 13.2. The van der Waals surface area contributed by atoms with Gasteiger partial charge in [0.2, 0.25) is 6.79 Å². The molecule has 3 heterocycles. The highest BCUT2D eigenvalue weighted by Gasteiger charge is 2.21. The molecule has 0 atom stereocenters. The number of pyridine rings is 1. The number of aromatic nitrogens is 3. The van der Waals surface area contributed by atoms with Crippen molar-refractivity contribution in [1.29, 1.82) is 0 Å². The Morgan fingerprint density at radius 2 is 1.91 bits per heavy atom. The molecule has 0 fully saturated rings. The number of hydrogen-bond donors (Lipinski definition) is 2. The van der Waals surface area contributed by atoms with Crippen LogP contribution in [0.25, 0.3) is 11.0 Å². The summed E-state index contributed by atoms with van der Waals surface area (Å²) in [7, 11) is 0. The van der Waals surface area contributed by atoms with Gasteiger partial charge >= 0.3 is 5.69 Å². The lowest BCUT2D eigenvalue weighted by Crippen LogP contribution is -2.34. The summed E-state index contributed by atoms with van der Waals surface area (Å²) in [6, 6.07) is 7.30. The van der Waals surface area contributed by atoms with Crippen LogP contribution in [0.4, 0.5) is 0 Å². The van der Waals surface area contributed by atoms with Gasteiger partial charge in [-0.25, -0.2) is 9.78 Å². The van der Waals surface area contributed by atoms with Crippen molar-refractivity contribution in [2.75, 3.05) is 13.3 Å². The zero-order chi connectivity index (χ0) is 23.7. The number of fused-ring (bicyclic) bond motifs is 2. The van der Waals surface area contributed by atoms with E-state index in [-0.39, 0.29) is 41.1 Å². The van der Waals surface area contributed by atoms with Crippen LogP contribution in [0, 0.1) is 5.92 Å². The number of aromatic amines is 1. The Kier molecular flexibility index (Phi) is 6.22. The third kappa shape index (κ3) is 4.62. The molecule has 1 aliphatic rings. The summed E-state index contributed by atoms with van der Waals surface area (Å²) in [6.45, 7) is 8.80. The van der Waals surface area contributed by atoms with E-state index < -0.39 is 11.2 Å². The maximum atomic E-state index is 13.2. The minimum Gasteiger partial charge on any atom is -0.454 e.